The fraction of sp³-hybridized carbons (Fsp3) is 0.900. The lowest BCUT2D eigenvalue weighted by Crippen LogP contribution is -2.21. The summed E-state index contributed by atoms with van der Waals surface area (Å²) in [6.45, 7) is 2.18. The maximum Gasteiger partial charge on any atom is 0.307 e. The lowest BCUT2D eigenvalue weighted by atomic mass is 10.1. The van der Waals surface area contributed by atoms with E-state index in [2.05, 4.69) is 0 Å². The summed E-state index contributed by atoms with van der Waals surface area (Å²) < 4.78 is 0. The van der Waals surface area contributed by atoms with Crippen molar-refractivity contribution >= 4 is 17.7 Å². The number of aliphatic hydroxyl groups excluding tert-OH is 1. The highest BCUT2D eigenvalue weighted by Crippen LogP contribution is 2.35. The molecule has 1 aliphatic carbocycles. The minimum atomic E-state index is -0.656. The molecule has 0 bridgehead atoms. The van der Waals surface area contributed by atoms with Crippen molar-refractivity contribution in [1.29, 1.82) is 0 Å². The summed E-state index contributed by atoms with van der Waals surface area (Å²) >= 11 is 1.71. The Hall–Kier alpha value is -0.220. The average Bonchev–Trinajstić information content (AvgIpc) is 2.62. The van der Waals surface area contributed by atoms with Gasteiger partial charge in [-0.1, -0.05) is 13.3 Å². The fourth-order valence-corrected chi connectivity index (χ4v) is 3.25. The molecule has 0 amide bonds. The van der Waals surface area contributed by atoms with Gasteiger partial charge in [0.25, 0.3) is 0 Å². The summed E-state index contributed by atoms with van der Waals surface area (Å²) in [4.78, 5) is 10.9. The standard InChI is InChI=1S/C10H18O3S/c1-7(5-11)6-14-9-4-2-3-8(9)10(12)13/h7-9,11H,2-6H2,1H3,(H,12,13). The zero-order valence-electron chi connectivity index (χ0n) is 8.48. The van der Waals surface area contributed by atoms with Gasteiger partial charge >= 0.3 is 5.97 Å². The molecule has 0 radical (unpaired) electrons. The fourth-order valence-electron chi connectivity index (χ4n) is 1.75. The van der Waals surface area contributed by atoms with Crippen molar-refractivity contribution in [2.45, 2.75) is 31.4 Å². The van der Waals surface area contributed by atoms with Crippen LogP contribution in [0.1, 0.15) is 26.2 Å². The Morgan fingerprint density at radius 1 is 1.57 bits per heavy atom. The first-order valence-electron chi connectivity index (χ1n) is 5.10. The summed E-state index contributed by atoms with van der Waals surface area (Å²) in [5.74, 6) is 0.322. The van der Waals surface area contributed by atoms with Crippen LogP contribution in [0.2, 0.25) is 0 Å². The smallest absolute Gasteiger partial charge is 0.307 e. The normalized spacial score (nSPS) is 29.0. The highest BCUT2D eigenvalue weighted by atomic mass is 32.2. The van der Waals surface area contributed by atoms with Gasteiger partial charge in [-0.15, -0.1) is 0 Å². The van der Waals surface area contributed by atoms with Crippen LogP contribution in [-0.2, 0) is 4.79 Å². The van der Waals surface area contributed by atoms with Crippen LogP contribution >= 0.6 is 11.8 Å². The first-order chi connectivity index (χ1) is 6.65. The quantitative estimate of drug-likeness (QED) is 0.736. The molecule has 0 spiro atoms. The van der Waals surface area contributed by atoms with Crippen LogP contribution in [0.15, 0.2) is 0 Å². The summed E-state index contributed by atoms with van der Waals surface area (Å²) in [6, 6.07) is 0. The summed E-state index contributed by atoms with van der Waals surface area (Å²) in [6.07, 6.45) is 2.86. The van der Waals surface area contributed by atoms with E-state index in [0.717, 1.165) is 25.0 Å². The second-order valence-electron chi connectivity index (χ2n) is 4.04. The van der Waals surface area contributed by atoms with Gasteiger partial charge in [0.15, 0.2) is 0 Å². The number of carbonyl (C=O) groups is 1. The molecule has 4 heteroatoms. The lowest BCUT2D eigenvalue weighted by molar-refractivity contribution is -0.141. The molecule has 1 fully saturated rings. The third-order valence-corrected chi connectivity index (χ3v) is 4.43. The first-order valence-corrected chi connectivity index (χ1v) is 6.15. The Kier molecular flexibility index (Phi) is 4.75. The van der Waals surface area contributed by atoms with Crippen LogP contribution in [0.4, 0.5) is 0 Å². The lowest BCUT2D eigenvalue weighted by Gasteiger charge is -2.16. The molecular weight excluding hydrogens is 200 g/mol. The van der Waals surface area contributed by atoms with Crippen molar-refractivity contribution < 1.29 is 15.0 Å². The molecule has 3 atom stereocenters. The molecule has 0 aromatic heterocycles. The molecule has 3 nitrogen and oxygen atoms in total. The van der Waals surface area contributed by atoms with Crippen molar-refractivity contribution in [3.63, 3.8) is 0 Å². The summed E-state index contributed by atoms with van der Waals surface area (Å²) in [5.41, 5.74) is 0. The Morgan fingerprint density at radius 2 is 2.29 bits per heavy atom. The molecule has 0 aromatic rings. The number of aliphatic hydroxyl groups is 1. The predicted molar refractivity (Wildman–Crippen MR) is 57.5 cm³/mol. The van der Waals surface area contributed by atoms with Gasteiger partial charge in [-0.2, -0.15) is 11.8 Å². The number of carboxylic acids is 1. The van der Waals surface area contributed by atoms with Gasteiger partial charge in [0, 0.05) is 11.9 Å². The largest absolute Gasteiger partial charge is 0.481 e. The maximum absolute atomic E-state index is 10.9. The van der Waals surface area contributed by atoms with Gasteiger partial charge in [-0.25, -0.2) is 0 Å². The van der Waals surface area contributed by atoms with E-state index < -0.39 is 5.97 Å². The Labute approximate surface area is 88.9 Å². The Bertz CT molecular complexity index is 196. The maximum atomic E-state index is 10.9. The molecule has 0 heterocycles. The second kappa shape index (κ2) is 5.61. The SMILES string of the molecule is CC(CO)CSC1CCCC1C(=O)O. The van der Waals surface area contributed by atoms with Gasteiger partial charge in [0.2, 0.25) is 0 Å². The second-order valence-corrected chi connectivity index (χ2v) is 5.31. The van der Waals surface area contributed by atoms with E-state index in [0.29, 0.717) is 0 Å². The van der Waals surface area contributed by atoms with Crippen molar-refractivity contribution in [2.24, 2.45) is 11.8 Å². The van der Waals surface area contributed by atoms with Crippen molar-refractivity contribution in [1.82, 2.24) is 0 Å². The molecule has 82 valence electrons. The zero-order chi connectivity index (χ0) is 10.6. The number of thioether (sulfide) groups is 1. The van der Waals surface area contributed by atoms with Gasteiger partial charge in [0.05, 0.1) is 5.92 Å². The van der Waals surface area contributed by atoms with Crippen LogP contribution in [0, 0.1) is 11.8 Å². The number of carboxylic acid groups (broad SMARTS) is 1. The number of hydrogen-bond donors (Lipinski definition) is 2. The van der Waals surface area contributed by atoms with Crippen molar-refractivity contribution in [2.75, 3.05) is 12.4 Å². The van der Waals surface area contributed by atoms with Crippen LogP contribution < -0.4 is 0 Å². The molecule has 0 saturated heterocycles. The molecule has 1 aliphatic rings. The number of aliphatic carboxylic acids is 1. The third-order valence-electron chi connectivity index (χ3n) is 2.68. The molecule has 1 saturated carbocycles. The highest BCUT2D eigenvalue weighted by Gasteiger charge is 2.33. The van der Waals surface area contributed by atoms with Crippen LogP contribution in [0.3, 0.4) is 0 Å². The van der Waals surface area contributed by atoms with Gasteiger partial charge < -0.3 is 10.2 Å². The molecule has 14 heavy (non-hydrogen) atoms. The topological polar surface area (TPSA) is 57.5 Å². The van der Waals surface area contributed by atoms with E-state index in [1.807, 2.05) is 6.92 Å². The van der Waals surface area contributed by atoms with E-state index in [9.17, 15) is 4.79 Å². The van der Waals surface area contributed by atoms with E-state index in [1.54, 1.807) is 11.8 Å². The molecule has 3 unspecified atom stereocenters. The minimum Gasteiger partial charge on any atom is -0.481 e. The third kappa shape index (κ3) is 3.17. The van der Waals surface area contributed by atoms with Gasteiger partial charge in [-0.05, 0) is 24.5 Å². The van der Waals surface area contributed by atoms with E-state index in [1.165, 1.54) is 0 Å². The molecule has 1 rings (SSSR count). The van der Waals surface area contributed by atoms with E-state index in [-0.39, 0.29) is 23.7 Å². The number of rotatable bonds is 5. The summed E-state index contributed by atoms with van der Waals surface area (Å²) in [7, 11) is 0. The van der Waals surface area contributed by atoms with E-state index in [4.69, 9.17) is 10.2 Å². The van der Waals surface area contributed by atoms with E-state index >= 15 is 0 Å². The van der Waals surface area contributed by atoms with Crippen molar-refractivity contribution in [3.8, 4) is 0 Å². The highest BCUT2D eigenvalue weighted by molar-refractivity contribution is 7.99. The van der Waals surface area contributed by atoms with Crippen LogP contribution in [0.5, 0.6) is 0 Å². The minimum absolute atomic E-state index is 0.161. The van der Waals surface area contributed by atoms with Gasteiger partial charge in [0.1, 0.15) is 0 Å². The zero-order valence-corrected chi connectivity index (χ0v) is 9.30. The average molecular weight is 218 g/mol. The van der Waals surface area contributed by atoms with Gasteiger partial charge in [-0.3, -0.25) is 4.79 Å². The Balaban J connectivity index is 2.32. The molecule has 2 N–H and O–H groups in total. The Morgan fingerprint density at radius 3 is 2.86 bits per heavy atom. The number of hydrogen-bond acceptors (Lipinski definition) is 3. The first kappa shape index (κ1) is 11.9. The van der Waals surface area contributed by atoms with Crippen molar-refractivity contribution in [3.05, 3.63) is 0 Å². The summed E-state index contributed by atoms with van der Waals surface area (Å²) in [5, 5.41) is 18.1. The van der Waals surface area contributed by atoms with Crippen LogP contribution in [-0.4, -0.2) is 33.8 Å². The molecule has 0 aliphatic heterocycles. The molecular formula is C10H18O3S. The molecule has 0 aromatic carbocycles. The predicted octanol–water partition coefficient (Wildman–Crippen LogP) is 1.60. The monoisotopic (exact) mass is 218 g/mol. The van der Waals surface area contributed by atoms with Crippen LogP contribution in [0.25, 0.3) is 0 Å².